The molecule has 118 valence electrons. The Kier molecular flexibility index (Phi) is 5.41. The number of hydrogen-bond donors (Lipinski definition) is 1. The lowest BCUT2D eigenvalue weighted by molar-refractivity contribution is 0.0167. The van der Waals surface area contributed by atoms with Gasteiger partial charge in [-0.2, -0.15) is 0 Å². The Hall–Kier alpha value is 0.1000. The van der Waals surface area contributed by atoms with E-state index in [1.807, 2.05) is 11.3 Å². The molecule has 2 nitrogen and oxygen atoms in total. The molecule has 2 heterocycles. The van der Waals surface area contributed by atoms with E-state index in [2.05, 4.69) is 39.9 Å². The molecular weight excluding hydrogens is 344 g/mol. The molecule has 1 aliphatic carbocycles. The molecule has 4 unspecified atom stereocenters. The molecule has 2 fully saturated rings. The van der Waals surface area contributed by atoms with Crippen molar-refractivity contribution >= 4 is 27.3 Å². The molecule has 2 N–H and O–H groups in total. The second-order valence-electron chi connectivity index (χ2n) is 6.65. The van der Waals surface area contributed by atoms with Gasteiger partial charge in [-0.05, 0) is 72.6 Å². The lowest BCUT2D eigenvalue weighted by atomic mass is 9.77. The van der Waals surface area contributed by atoms with Gasteiger partial charge in [0.05, 0.1) is 9.83 Å². The number of thiophene rings is 1. The third kappa shape index (κ3) is 3.39. The summed E-state index contributed by atoms with van der Waals surface area (Å²) in [4.78, 5) is 4.22. The van der Waals surface area contributed by atoms with Crippen LogP contribution < -0.4 is 5.73 Å². The van der Waals surface area contributed by atoms with Crippen molar-refractivity contribution < 1.29 is 0 Å². The maximum Gasteiger partial charge on any atom is 0.0702 e. The van der Waals surface area contributed by atoms with Gasteiger partial charge in [0.15, 0.2) is 0 Å². The highest BCUT2D eigenvalue weighted by Gasteiger charge is 2.39. The molecular formula is C17H27BrN2S. The summed E-state index contributed by atoms with van der Waals surface area (Å²) in [7, 11) is 0. The fourth-order valence-electron chi connectivity index (χ4n) is 4.34. The van der Waals surface area contributed by atoms with Crippen molar-refractivity contribution in [2.24, 2.45) is 11.7 Å². The van der Waals surface area contributed by atoms with Gasteiger partial charge < -0.3 is 5.73 Å². The third-order valence-electron chi connectivity index (χ3n) is 5.41. The number of rotatable bonds is 4. The van der Waals surface area contributed by atoms with Gasteiger partial charge in [0.25, 0.3) is 0 Å². The minimum absolute atomic E-state index is 0.247. The van der Waals surface area contributed by atoms with E-state index in [1.165, 1.54) is 53.7 Å². The van der Waals surface area contributed by atoms with Crippen LogP contribution in [0.4, 0.5) is 0 Å². The Morgan fingerprint density at radius 1 is 1.29 bits per heavy atom. The number of halogens is 1. The Bertz CT molecular complexity index is 459. The molecule has 1 aromatic heterocycles. The molecule has 2 aliphatic rings. The highest BCUT2D eigenvalue weighted by atomic mass is 79.9. The van der Waals surface area contributed by atoms with Crippen LogP contribution in [0.25, 0.3) is 0 Å². The van der Waals surface area contributed by atoms with E-state index in [-0.39, 0.29) is 6.04 Å². The number of nitrogens with zero attached hydrogens (tertiary/aromatic N) is 1. The summed E-state index contributed by atoms with van der Waals surface area (Å²) < 4.78 is 1.23. The van der Waals surface area contributed by atoms with Crippen LogP contribution in [-0.4, -0.2) is 23.5 Å². The van der Waals surface area contributed by atoms with Crippen LogP contribution in [-0.2, 0) is 0 Å². The SMILES string of the molecule is CCC(N)C(c1ccc(Br)s1)N1CCCC2CCCCC21. The fraction of sp³-hybridized carbons (Fsp3) is 0.765. The summed E-state index contributed by atoms with van der Waals surface area (Å²) in [5, 5.41) is 0. The van der Waals surface area contributed by atoms with Gasteiger partial charge in [0.1, 0.15) is 0 Å². The normalized spacial score (nSPS) is 29.9. The zero-order valence-electron chi connectivity index (χ0n) is 12.9. The smallest absolute Gasteiger partial charge is 0.0702 e. The number of likely N-dealkylation sites (tertiary alicyclic amines) is 1. The summed E-state index contributed by atoms with van der Waals surface area (Å²) in [5.41, 5.74) is 6.56. The second-order valence-corrected chi connectivity index (χ2v) is 9.15. The number of fused-ring (bicyclic) bond motifs is 1. The Balaban J connectivity index is 1.87. The standard InChI is InChI=1S/C17H27BrN2S/c1-2-13(19)17(15-9-10-16(18)21-15)20-11-5-7-12-6-3-4-8-14(12)20/h9-10,12-14,17H,2-8,11,19H2,1H3. The van der Waals surface area contributed by atoms with Crippen molar-refractivity contribution in [2.45, 2.75) is 70.0 Å². The van der Waals surface area contributed by atoms with Gasteiger partial charge in [0, 0.05) is 17.0 Å². The zero-order chi connectivity index (χ0) is 14.8. The minimum atomic E-state index is 0.247. The molecule has 1 saturated heterocycles. The highest BCUT2D eigenvalue weighted by Crippen LogP contribution is 2.42. The number of nitrogens with two attached hydrogens (primary N) is 1. The maximum absolute atomic E-state index is 6.56. The van der Waals surface area contributed by atoms with E-state index >= 15 is 0 Å². The van der Waals surface area contributed by atoms with Crippen LogP contribution in [0.3, 0.4) is 0 Å². The minimum Gasteiger partial charge on any atom is -0.326 e. The van der Waals surface area contributed by atoms with E-state index in [4.69, 9.17) is 5.73 Å². The van der Waals surface area contributed by atoms with Crippen molar-refractivity contribution in [2.75, 3.05) is 6.54 Å². The van der Waals surface area contributed by atoms with E-state index in [0.29, 0.717) is 6.04 Å². The molecule has 0 aromatic carbocycles. The van der Waals surface area contributed by atoms with Gasteiger partial charge >= 0.3 is 0 Å². The van der Waals surface area contributed by atoms with Crippen molar-refractivity contribution in [3.8, 4) is 0 Å². The number of hydrogen-bond acceptors (Lipinski definition) is 3. The third-order valence-corrected chi connectivity index (χ3v) is 7.10. The monoisotopic (exact) mass is 370 g/mol. The van der Waals surface area contributed by atoms with Crippen molar-refractivity contribution in [3.63, 3.8) is 0 Å². The largest absolute Gasteiger partial charge is 0.326 e. The quantitative estimate of drug-likeness (QED) is 0.812. The van der Waals surface area contributed by atoms with E-state index < -0.39 is 0 Å². The summed E-state index contributed by atoms with van der Waals surface area (Å²) in [6.45, 7) is 3.46. The molecule has 4 heteroatoms. The van der Waals surface area contributed by atoms with E-state index in [9.17, 15) is 0 Å². The lowest BCUT2D eigenvalue weighted by Gasteiger charge is -2.48. The highest BCUT2D eigenvalue weighted by molar-refractivity contribution is 9.11. The Labute approximate surface area is 141 Å². The van der Waals surface area contributed by atoms with Crippen LogP contribution in [0.5, 0.6) is 0 Å². The average Bonchev–Trinajstić information content (AvgIpc) is 2.93. The Morgan fingerprint density at radius 2 is 2.05 bits per heavy atom. The van der Waals surface area contributed by atoms with Crippen LogP contribution >= 0.6 is 27.3 Å². The zero-order valence-corrected chi connectivity index (χ0v) is 15.3. The van der Waals surface area contributed by atoms with Gasteiger partial charge in [-0.3, -0.25) is 4.90 Å². The van der Waals surface area contributed by atoms with E-state index in [0.717, 1.165) is 18.4 Å². The topological polar surface area (TPSA) is 29.3 Å². The van der Waals surface area contributed by atoms with Crippen molar-refractivity contribution in [1.29, 1.82) is 0 Å². The number of piperidine rings is 1. The van der Waals surface area contributed by atoms with Gasteiger partial charge in [-0.25, -0.2) is 0 Å². The summed E-state index contributed by atoms with van der Waals surface area (Å²) in [6, 6.07) is 5.89. The molecule has 4 atom stereocenters. The predicted octanol–water partition coefficient (Wildman–Crippen LogP) is 4.94. The predicted molar refractivity (Wildman–Crippen MR) is 94.7 cm³/mol. The first-order valence-corrected chi connectivity index (χ1v) is 10.1. The fourth-order valence-corrected chi connectivity index (χ4v) is 5.96. The maximum atomic E-state index is 6.56. The molecule has 3 rings (SSSR count). The van der Waals surface area contributed by atoms with Crippen LogP contribution in [0.1, 0.15) is 62.8 Å². The van der Waals surface area contributed by atoms with Crippen molar-refractivity contribution in [3.05, 3.63) is 20.8 Å². The summed E-state index contributed by atoms with van der Waals surface area (Å²) in [5.74, 6) is 0.919. The second kappa shape index (κ2) is 7.12. The first-order chi connectivity index (χ1) is 10.2. The molecule has 0 spiro atoms. The van der Waals surface area contributed by atoms with Crippen LogP contribution in [0, 0.1) is 5.92 Å². The van der Waals surface area contributed by atoms with Gasteiger partial charge in [-0.1, -0.05) is 19.8 Å². The average molecular weight is 371 g/mol. The molecule has 0 amide bonds. The molecule has 1 aliphatic heterocycles. The van der Waals surface area contributed by atoms with Crippen molar-refractivity contribution in [1.82, 2.24) is 4.90 Å². The molecule has 21 heavy (non-hydrogen) atoms. The summed E-state index contributed by atoms with van der Waals surface area (Å²) in [6.07, 6.45) is 9.48. The van der Waals surface area contributed by atoms with Crippen LogP contribution in [0.2, 0.25) is 0 Å². The first-order valence-electron chi connectivity index (χ1n) is 8.47. The molecule has 1 saturated carbocycles. The van der Waals surface area contributed by atoms with E-state index in [1.54, 1.807) is 0 Å². The summed E-state index contributed by atoms with van der Waals surface area (Å²) >= 11 is 5.49. The molecule has 0 radical (unpaired) electrons. The molecule has 0 bridgehead atoms. The lowest BCUT2D eigenvalue weighted by Crippen LogP contribution is -2.52. The molecule has 1 aromatic rings. The Morgan fingerprint density at radius 3 is 2.76 bits per heavy atom. The van der Waals surface area contributed by atoms with Crippen LogP contribution in [0.15, 0.2) is 15.9 Å². The van der Waals surface area contributed by atoms with Gasteiger partial charge in [-0.15, -0.1) is 11.3 Å². The first kappa shape index (κ1) is 16.0. The van der Waals surface area contributed by atoms with Gasteiger partial charge in [0.2, 0.25) is 0 Å².